The van der Waals surface area contributed by atoms with Gasteiger partial charge < -0.3 is 14.8 Å². The summed E-state index contributed by atoms with van der Waals surface area (Å²) in [5, 5.41) is 12.0. The zero-order valence-electron chi connectivity index (χ0n) is 18.2. The van der Waals surface area contributed by atoms with Crippen LogP contribution in [0, 0.1) is 0 Å². The summed E-state index contributed by atoms with van der Waals surface area (Å²) in [5.74, 6) is 1.41. The first-order valence-electron chi connectivity index (χ1n) is 10.2. The Balaban J connectivity index is 1.54. The average Bonchev–Trinajstić information content (AvgIpc) is 2.88. The van der Waals surface area contributed by atoms with Crippen molar-refractivity contribution in [3.8, 4) is 34.0 Å². The molecule has 0 bridgehead atoms. The fourth-order valence-corrected chi connectivity index (χ4v) is 3.73. The lowest BCUT2D eigenvalue weighted by Gasteiger charge is -2.10. The van der Waals surface area contributed by atoms with Gasteiger partial charge in [0.2, 0.25) is 11.1 Å². The minimum absolute atomic E-state index is 0.148. The number of amides is 1. The molecule has 33 heavy (non-hydrogen) atoms. The molecule has 3 aromatic carbocycles. The molecule has 4 aromatic rings. The third-order valence-corrected chi connectivity index (χ3v) is 5.60. The molecule has 0 radical (unpaired) electrons. The zero-order chi connectivity index (χ0) is 23.0. The Morgan fingerprint density at radius 3 is 2.27 bits per heavy atom. The lowest BCUT2D eigenvalue weighted by molar-refractivity contribution is -0.113. The van der Waals surface area contributed by atoms with E-state index >= 15 is 0 Å². The Bertz CT molecular complexity index is 1230. The molecule has 0 atom stereocenters. The van der Waals surface area contributed by atoms with Crippen molar-refractivity contribution in [2.24, 2.45) is 0 Å². The summed E-state index contributed by atoms with van der Waals surface area (Å²) in [4.78, 5) is 17.2. The highest BCUT2D eigenvalue weighted by Gasteiger charge is 2.15. The number of nitrogens with one attached hydrogen (secondary N) is 1. The Morgan fingerprint density at radius 2 is 1.55 bits per heavy atom. The molecule has 0 aliphatic heterocycles. The minimum atomic E-state index is -0.169. The number of hydrogen-bond acceptors (Lipinski definition) is 7. The molecule has 4 rings (SSSR count). The van der Waals surface area contributed by atoms with Gasteiger partial charge in [0, 0.05) is 22.9 Å². The second kappa shape index (κ2) is 10.6. The lowest BCUT2D eigenvalue weighted by Crippen LogP contribution is -2.14. The van der Waals surface area contributed by atoms with Gasteiger partial charge in [0.1, 0.15) is 22.9 Å². The van der Waals surface area contributed by atoms with E-state index < -0.39 is 0 Å². The molecular formula is C25H22N4O3S. The van der Waals surface area contributed by atoms with Crippen LogP contribution in [-0.4, -0.2) is 41.1 Å². The summed E-state index contributed by atoms with van der Waals surface area (Å²) in [5.41, 5.74) is 3.82. The van der Waals surface area contributed by atoms with Gasteiger partial charge in [-0.05, 0) is 36.4 Å². The van der Waals surface area contributed by atoms with E-state index in [9.17, 15) is 4.79 Å². The van der Waals surface area contributed by atoms with Crippen LogP contribution < -0.4 is 14.8 Å². The third kappa shape index (κ3) is 5.67. The van der Waals surface area contributed by atoms with E-state index in [1.54, 1.807) is 26.4 Å². The fraction of sp³-hybridized carbons (Fsp3) is 0.120. The van der Waals surface area contributed by atoms with Crippen LogP contribution in [0.3, 0.4) is 0 Å². The third-order valence-electron chi connectivity index (χ3n) is 4.76. The first-order valence-corrected chi connectivity index (χ1v) is 11.2. The van der Waals surface area contributed by atoms with Crippen molar-refractivity contribution in [2.75, 3.05) is 25.3 Å². The molecule has 7 nitrogen and oxygen atoms in total. The minimum Gasteiger partial charge on any atom is -0.497 e. The predicted octanol–water partition coefficient (Wildman–Crippen LogP) is 4.95. The molecule has 0 saturated carbocycles. The summed E-state index contributed by atoms with van der Waals surface area (Å²) in [7, 11) is 3.21. The molecule has 1 heterocycles. The first kappa shape index (κ1) is 22.3. The van der Waals surface area contributed by atoms with E-state index in [4.69, 9.17) is 14.5 Å². The van der Waals surface area contributed by atoms with Gasteiger partial charge in [0.15, 0.2) is 0 Å². The van der Waals surface area contributed by atoms with Gasteiger partial charge in [-0.15, -0.1) is 10.2 Å². The van der Waals surface area contributed by atoms with E-state index in [-0.39, 0.29) is 11.7 Å². The molecule has 0 aliphatic carbocycles. The number of benzene rings is 3. The highest BCUT2D eigenvalue weighted by atomic mass is 32.2. The highest BCUT2D eigenvalue weighted by molar-refractivity contribution is 7.99. The van der Waals surface area contributed by atoms with Crippen LogP contribution in [0.1, 0.15) is 0 Å². The Hall–Kier alpha value is -3.91. The molecule has 0 aliphatic rings. The summed E-state index contributed by atoms with van der Waals surface area (Å²) >= 11 is 1.23. The zero-order valence-corrected chi connectivity index (χ0v) is 19.0. The maximum absolute atomic E-state index is 12.4. The molecular weight excluding hydrogens is 436 g/mol. The van der Waals surface area contributed by atoms with E-state index in [1.807, 2.05) is 66.7 Å². The van der Waals surface area contributed by atoms with Gasteiger partial charge in [-0.2, -0.15) is 0 Å². The number of methoxy groups -OCH3 is 2. The summed E-state index contributed by atoms with van der Waals surface area (Å²) in [6.45, 7) is 0. The van der Waals surface area contributed by atoms with Crippen LogP contribution in [0.25, 0.3) is 22.5 Å². The molecule has 1 N–H and O–H groups in total. The van der Waals surface area contributed by atoms with Gasteiger partial charge in [-0.3, -0.25) is 4.79 Å². The standard InChI is InChI=1S/C25H22N4O3S/c1-31-20-13-11-18(12-14-20)24-23(17-7-4-3-5-8-17)27-25(29-28-24)33-16-22(30)26-19-9-6-10-21(15-19)32-2/h3-15H,16H2,1-2H3,(H,26,30). The van der Waals surface area contributed by atoms with Crippen molar-refractivity contribution in [3.05, 3.63) is 78.9 Å². The van der Waals surface area contributed by atoms with Crippen molar-refractivity contribution in [2.45, 2.75) is 5.16 Å². The molecule has 0 fully saturated rings. The van der Waals surface area contributed by atoms with Crippen LogP contribution >= 0.6 is 11.8 Å². The van der Waals surface area contributed by atoms with E-state index in [0.717, 1.165) is 16.9 Å². The van der Waals surface area contributed by atoms with Crippen LogP contribution in [0.5, 0.6) is 11.5 Å². The number of carbonyl (C=O) groups excluding carboxylic acids is 1. The number of anilines is 1. The summed E-state index contributed by atoms with van der Waals surface area (Å²) in [6.07, 6.45) is 0. The van der Waals surface area contributed by atoms with Crippen LogP contribution in [0.2, 0.25) is 0 Å². The lowest BCUT2D eigenvalue weighted by atomic mass is 10.0. The monoisotopic (exact) mass is 458 g/mol. The Labute approximate surface area is 196 Å². The van der Waals surface area contributed by atoms with Crippen LogP contribution in [0.4, 0.5) is 5.69 Å². The fourth-order valence-electron chi connectivity index (χ4n) is 3.14. The maximum Gasteiger partial charge on any atom is 0.234 e. The van der Waals surface area contributed by atoms with Gasteiger partial charge in [-0.25, -0.2) is 4.98 Å². The number of nitrogens with zero attached hydrogens (tertiary/aromatic N) is 3. The second-order valence-corrected chi connectivity index (χ2v) is 7.90. The molecule has 0 saturated heterocycles. The quantitative estimate of drug-likeness (QED) is 0.374. The van der Waals surface area contributed by atoms with Crippen molar-refractivity contribution < 1.29 is 14.3 Å². The van der Waals surface area contributed by atoms with Gasteiger partial charge in [0.25, 0.3) is 0 Å². The van der Waals surface area contributed by atoms with Gasteiger partial charge in [0.05, 0.1) is 20.0 Å². The van der Waals surface area contributed by atoms with Gasteiger partial charge in [-0.1, -0.05) is 48.2 Å². The van der Waals surface area contributed by atoms with Crippen LogP contribution in [-0.2, 0) is 4.79 Å². The largest absolute Gasteiger partial charge is 0.497 e. The summed E-state index contributed by atoms with van der Waals surface area (Å²) in [6, 6.07) is 24.6. The number of ether oxygens (including phenoxy) is 2. The molecule has 8 heteroatoms. The normalized spacial score (nSPS) is 10.5. The average molecular weight is 459 g/mol. The number of rotatable bonds is 8. The number of carbonyl (C=O) groups is 1. The summed E-state index contributed by atoms with van der Waals surface area (Å²) < 4.78 is 10.4. The molecule has 0 unspecified atom stereocenters. The first-order chi connectivity index (χ1) is 16.2. The molecule has 0 spiro atoms. The number of aromatic nitrogens is 3. The SMILES string of the molecule is COc1ccc(-c2nnc(SCC(=O)Nc3cccc(OC)c3)nc2-c2ccccc2)cc1. The number of hydrogen-bond donors (Lipinski definition) is 1. The van der Waals surface area contributed by atoms with Crippen LogP contribution in [0.15, 0.2) is 84.0 Å². The Morgan fingerprint density at radius 1 is 0.818 bits per heavy atom. The number of thioether (sulfide) groups is 1. The molecule has 1 amide bonds. The van der Waals surface area contributed by atoms with Crippen molar-refractivity contribution in [3.63, 3.8) is 0 Å². The Kier molecular flexibility index (Phi) is 7.16. The molecule has 1 aromatic heterocycles. The van der Waals surface area contributed by atoms with Crippen molar-refractivity contribution in [1.82, 2.24) is 15.2 Å². The van der Waals surface area contributed by atoms with E-state index in [2.05, 4.69) is 15.5 Å². The molecule has 166 valence electrons. The van der Waals surface area contributed by atoms with Crippen molar-refractivity contribution in [1.29, 1.82) is 0 Å². The van der Waals surface area contributed by atoms with E-state index in [1.165, 1.54) is 11.8 Å². The second-order valence-electron chi connectivity index (χ2n) is 6.95. The highest BCUT2D eigenvalue weighted by Crippen LogP contribution is 2.30. The topological polar surface area (TPSA) is 86.2 Å². The van der Waals surface area contributed by atoms with Gasteiger partial charge >= 0.3 is 0 Å². The van der Waals surface area contributed by atoms with Crippen molar-refractivity contribution >= 4 is 23.4 Å². The smallest absolute Gasteiger partial charge is 0.234 e. The van der Waals surface area contributed by atoms with E-state index in [0.29, 0.717) is 28.0 Å². The predicted molar refractivity (Wildman–Crippen MR) is 130 cm³/mol. The maximum atomic E-state index is 12.4.